The maximum absolute atomic E-state index is 13.2. The molecule has 0 unspecified atom stereocenters. The zero-order valence-corrected chi connectivity index (χ0v) is 8.29. The van der Waals surface area contributed by atoms with Gasteiger partial charge in [-0.3, -0.25) is 4.79 Å². The lowest BCUT2D eigenvalue weighted by Crippen LogP contribution is -2.16. The fraction of sp³-hybridized carbons (Fsp3) is 0.182. The van der Waals surface area contributed by atoms with E-state index in [-0.39, 0.29) is 5.82 Å². The lowest BCUT2D eigenvalue weighted by atomic mass is 10.1. The maximum atomic E-state index is 13.2. The minimum atomic E-state index is -0.556. The van der Waals surface area contributed by atoms with Crippen LogP contribution in [0.3, 0.4) is 0 Å². The van der Waals surface area contributed by atoms with Crippen LogP contribution in [0.5, 0.6) is 0 Å². The largest absolute Gasteiger partial charge is 0.366 e. The minimum absolute atomic E-state index is 0.312. The highest BCUT2D eigenvalue weighted by molar-refractivity contribution is 5.92. The van der Waals surface area contributed by atoms with E-state index in [0.29, 0.717) is 24.2 Å². The lowest BCUT2D eigenvalue weighted by molar-refractivity contribution is 0.1000. The predicted octanol–water partition coefficient (Wildman–Crippen LogP) is 1.20. The fourth-order valence-corrected chi connectivity index (χ4v) is 1.17. The Balaban J connectivity index is 2.80. The first-order valence-corrected chi connectivity index (χ1v) is 4.55. The van der Waals surface area contributed by atoms with E-state index < -0.39 is 5.91 Å². The van der Waals surface area contributed by atoms with Gasteiger partial charge in [0.05, 0.1) is 0 Å². The number of nitrogens with one attached hydrogen (secondary N) is 1. The number of rotatable bonds is 5. The molecule has 1 rings (SSSR count). The molecular weight excluding hydrogens is 195 g/mol. The Kier molecular flexibility index (Phi) is 4.00. The van der Waals surface area contributed by atoms with Gasteiger partial charge in [-0.2, -0.15) is 0 Å². The van der Waals surface area contributed by atoms with Crippen molar-refractivity contribution in [3.8, 4) is 0 Å². The standard InChI is InChI=1S/C11H13FN2O/c1-2-5-14-7-9-6-8(11(13)15)3-4-10(9)12/h2-4,6,14H,1,5,7H2,(H2,13,15). The van der Waals surface area contributed by atoms with Crippen molar-refractivity contribution in [1.29, 1.82) is 0 Å². The van der Waals surface area contributed by atoms with E-state index in [1.165, 1.54) is 18.2 Å². The van der Waals surface area contributed by atoms with Crippen LogP contribution >= 0.6 is 0 Å². The van der Waals surface area contributed by atoms with E-state index in [9.17, 15) is 9.18 Å². The molecule has 3 nitrogen and oxygen atoms in total. The summed E-state index contributed by atoms with van der Waals surface area (Å²) in [5.41, 5.74) is 5.83. The average molecular weight is 208 g/mol. The molecule has 3 N–H and O–H groups in total. The van der Waals surface area contributed by atoms with E-state index in [4.69, 9.17) is 5.73 Å². The number of hydrogen-bond acceptors (Lipinski definition) is 2. The molecule has 80 valence electrons. The van der Waals surface area contributed by atoms with Crippen LogP contribution in [0.2, 0.25) is 0 Å². The van der Waals surface area contributed by atoms with Gasteiger partial charge in [0.25, 0.3) is 0 Å². The first-order valence-electron chi connectivity index (χ1n) is 4.55. The highest BCUT2D eigenvalue weighted by atomic mass is 19.1. The van der Waals surface area contributed by atoms with E-state index >= 15 is 0 Å². The number of carbonyl (C=O) groups is 1. The quantitative estimate of drug-likeness (QED) is 0.564. The van der Waals surface area contributed by atoms with Crippen molar-refractivity contribution in [1.82, 2.24) is 5.32 Å². The summed E-state index contributed by atoms with van der Waals surface area (Å²) in [6.07, 6.45) is 1.68. The number of hydrogen-bond donors (Lipinski definition) is 2. The Labute approximate surface area is 87.8 Å². The molecule has 0 saturated carbocycles. The van der Waals surface area contributed by atoms with Gasteiger partial charge in [0.2, 0.25) is 5.91 Å². The zero-order chi connectivity index (χ0) is 11.3. The third-order valence-corrected chi connectivity index (χ3v) is 1.93. The molecule has 0 radical (unpaired) electrons. The van der Waals surface area contributed by atoms with Crippen molar-refractivity contribution >= 4 is 5.91 Å². The summed E-state index contributed by atoms with van der Waals surface area (Å²) >= 11 is 0. The topological polar surface area (TPSA) is 55.1 Å². The molecular formula is C11H13FN2O. The second-order valence-corrected chi connectivity index (χ2v) is 3.09. The van der Waals surface area contributed by atoms with Crippen molar-refractivity contribution in [2.45, 2.75) is 6.54 Å². The normalized spacial score (nSPS) is 9.93. The molecule has 1 amide bonds. The van der Waals surface area contributed by atoms with E-state index in [0.717, 1.165) is 0 Å². The first-order chi connectivity index (χ1) is 7.15. The van der Waals surface area contributed by atoms with Gasteiger partial charge in [0.1, 0.15) is 5.82 Å². The Bertz CT molecular complexity index is 377. The molecule has 1 aromatic rings. The van der Waals surface area contributed by atoms with Gasteiger partial charge in [0, 0.05) is 24.2 Å². The third-order valence-electron chi connectivity index (χ3n) is 1.93. The summed E-state index contributed by atoms with van der Waals surface area (Å²) < 4.78 is 13.2. The van der Waals surface area contributed by atoms with E-state index in [1.807, 2.05) is 0 Å². The first kappa shape index (κ1) is 11.4. The zero-order valence-electron chi connectivity index (χ0n) is 8.29. The van der Waals surface area contributed by atoms with Crippen LogP contribution in [-0.4, -0.2) is 12.5 Å². The van der Waals surface area contributed by atoms with Crippen LogP contribution in [0.4, 0.5) is 4.39 Å². The summed E-state index contributed by atoms with van der Waals surface area (Å²) in [7, 11) is 0. The molecule has 0 spiro atoms. The smallest absolute Gasteiger partial charge is 0.248 e. The number of nitrogens with two attached hydrogens (primary N) is 1. The van der Waals surface area contributed by atoms with Gasteiger partial charge in [-0.05, 0) is 18.2 Å². The molecule has 0 aliphatic heterocycles. The van der Waals surface area contributed by atoms with Crippen LogP contribution in [0.1, 0.15) is 15.9 Å². The van der Waals surface area contributed by atoms with Crippen molar-refractivity contribution in [2.24, 2.45) is 5.73 Å². The van der Waals surface area contributed by atoms with Crippen LogP contribution in [0.25, 0.3) is 0 Å². The SMILES string of the molecule is C=CCNCc1cc(C(N)=O)ccc1F. The van der Waals surface area contributed by atoms with Crippen LogP contribution in [0.15, 0.2) is 30.9 Å². The van der Waals surface area contributed by atoms with Crippen molar-refractivity contribution in [3.63, 3.8) is 0 Å². The van der Waals surface area contributed by atoms with Gasteiger partial charge >= 0.3 is 0 Å². The Morgan fingerprint density at radius 3 is 2.93 bits per heavy atom. The van der Waals surface area contributed by atoms with Gasteiger partial charge < -0.3 is 11.1 Å². The van der Waals surface area contributed by atoms with Crippen LogP contribution in [-0.2, 0) is 6.54 Å². The summed E-state index contributed by atoms with van der Waals surface area (Å²) in [5.74, 6) is -0.906. The summed E-state index contributed by atoms with van der Waals surface area (Å²) in [5, 5.41) is 2.95. The molecule has 15 heavy (non-hydrogen) atoms. The number of amides is 1. The second-order valence-electron chi connectivity index (χ2n) is 3.09. The molecule has 4 heteroatoms. The average Bonchev–Trinajstić information content (AvgIpc) is 2.20. The molecule has 0 heterocycles. The maximum Gasteiger partial charge on any atom is 0.248 e. The lowest BCUT2D eigenvalue weighted by Gasteiger charge is -2.05. The number of benzene rings is 1. The molecule has 0 aliphatic rings. The molecule has 0 aromatic heterocycles. The highest BCUT2D eigenvalue weighted by Gasteiger charge is 2.06. The molecule has 0 bridgehead atoms. The van der Waals surface area contributed by atoms with Crippen LogP contribution in [0, 0.1) is 5.82 Å². The number of halogens is 1. The monoisotopic (exact) mass is 208 g/mol. The number of primary amides is 1. The summed E-state index contributed by atoms with van der Waals surface area (Å²) in [6, 6.07) is 4.06. The summed E-state index contributed by atoms with van der Waals surface area (Å²) in [4.78, 5) is 10.9. The van der Waals surface area contributed by atoms with Gasteiger partial charge in [-0.25, -0.2) is 4.39 Å². The molecule has 0 atom stereocenters. The Morgan fingerprint density at radius 1 is 1.60 bits per heavy atom. The third kappa shape index (κ3) is 3.18. The highest BCUT2D eigenvalue weighted by Crippen LogP contribution is 2.10. The second kappa shape index (κ2) is 5.26. The molecule has 0 fully saturated rings. The van der Waals surface area contributed by atoms with Gasteiger partial charge in [-0.1, -0.05) is 6.08 Å². The Morgan fingerprint density at radius 2 is 2.33 bits per heavy atom. The van der Waals surface area contributed by atoms with Crippen molar-refractivity contribution < 1.29 is 9.18 Å². The number of carbonyl (C=O) groups excluding carboxylic acids is 1. The van der Waals surface area contributed by atoms with Crippen LogP contribution < -0.4 is 11.1 Å². The van der Waals surface area contributed by atoms with Crippen molar-refractivity contribution in [2.75, 3.05) is 6.54 Å². The predicted molar refractivity (Wildman–Crippen MR) is 56.8 cm³/mol. The molecule has 0 saturated heterocycles. The summed E-state index contributed by atoms with van der Waals surface area (Å²) in [6.45, 7) is 4.46. The fourth-order valence-electron chi connectivity index (χ4n) is 1.17. The van der Waals surface area contributed by atoms with Gasteiger partial charge in [-0.15, -0.1) is 6.58 Å². The molecule has 1 aromatic carbocycles. The molecule has 0 aliphatic carbocycles. The Hall–Kier alpha value is -1.68. The minimum Gasteiger partial charge on any atom is -0.366 e. The van der Waals surface area contributed by atoms with Gasteiger partial charge in [0.15, 0.2) is 0 Å². The van der Waals surface area contributed by atoms with E-state index in [2.05, 4.69) is 11.9 Å². The van der Waals surface area contributed by atoms with E-state index in [1.54, 1.807) is 6.08 Å². The van der Waals surface area contributed by atoms with Crippen molar-refractivity contribution in [3.05, 3.63) is 47.8 Å².